The normalized spacial score (nSPS) is 18.5. The molecule has 0 bridgehead atoms. The van der Waals surface area contributed by atoms with E-state index < -0.39 is 33.9 Å². The molecule has 3 heterocycles. The largest absolute Gasteiger partial charge is 0.481 e. The number of carbonyl (C=O) groups is 1. The number of sulfone groups is 1. The van der Waals surface area contributed by atoms with Crippen LogP contribution in [0.5, 0.6) is 5.88 Å². The van der Waals surface area contributed by atoms with Gasteiger partial charge in [0.25, 0.3) is 0 Å². The molecule has 1 N–H and O–H groups in total. The van der Waals surface area contributed by atoms with Crippen LogP contribution in [0, 0.1) is 5.92 Å². The van der Waals surface area contributed by atoms with Crippen LogP contribution in [0.15, 0.2) is 42.6 Å². The fraction of sp³-hybridized carbons (Fsp3) is 0.444. The summed E-state index contributed by atoms with van der Waals surface area (Å²) >= 11 is 0. The van der Waals surface area contributed by atoms with Crippen molar-refractivity contribution >= 4 is 38.2 Å². The van der Waals surface area contributed by atoms with Gasteiger partial charge in [-0.1, -0.05) is 12.1 Å². The molecule has 8 nitrogen and oxygen atoms in total. The molecule has 0 spiro atoms. The monoisotopic (exact) mass is 562 g/mol. The Labute approximate surface area is 224 Å². The molecule has 5 rings (SSSR count). The van der Waals surface area contributed by atoms with Crippen molar-refractivity contribution in [3.63, 3.8) is 0 Å². The number of alkyl halides is 3. The van der Waals surface area contributed by atoms with Gasteiger partial charge in [0, 0.05) is 30.3 Å². The molecule has 1 atom stereocenters. The van der Waals surface area contributed by atoms with Gasteiger partial charge in [-0.3, -0.25) is 9.78 Å². The zero-order chi connectivity index (χ0) is 27.9. The van der Waals surface area contributed by atoms with E-state index in [0.29, 0.717) is 22.4 Å². The average Bonchev–Trinajstić information content (AvgIpc) is 3.73. The van der Waals surface area contributed by atoms with Crippen molar-refractivity contribution in [2.24, 2.45) is 5.92 Å². The maximum Gasteiger partial charge on any atom is 0.413 e. The lowest BCUT2D eigenvalue weighted by Crippen LogP contribution is -2.44. The third kappa shape index (κ3) is 5.80. The van der Waals surface area contributed by atoms with Gasteiger partial charge in [0.05, 0.1) is 41.5 Å². The van der Waals surface area contributed by atoms with E-state index in [2.05, 4.69) is 15.3 Å². The number of pyridine rings is 2. The summed E-state index contributed by atoms with van der Waals surface area (Å²) in [5.41, 5.74) is 3.66. The lowest BCUT2D eigenvalue weighted by Gasteiger charge is -2.34. The van der Waals surface area contributed by atoms with Crippen LogP contribution >= 0.6 is 0 Å². The van der Waals surface area contributed by atoms with Gasteiger partial charge < -0.3 is 15.0 Å². The fourth-order valence-electron chi connectivity index (χ4n) is 5.15. The van der Waals surface area contributed by atoms with Gasteiger partial charge in [0.15, 0.2) is 6.04 Å². The summed E-state index contributed by atoms with van der Waals surface area (Å²) in [6.07, 6.45) is -0.941. The first kappa shape index (κ1) is 27.2. The van der Waals surface area contributed by atoms with E-state index in [0.717, 1.165) is 42.2 Å². The van der Waals surface area contributed by atoms with Crippen molar-refractivity contribution in [3.8, 4) is 5.88 Å². The molecule has 1 amide bonds. The summed E-state index contributed by atoms with van der Waals surface area (Å²) in [7, 11) is -0.574. The van der Waals surface area contributed by atoms with Gasteiger partial charge in [-0.25, -0.2) is 13.4 Å². The molecule has 2 aliphatic rings. The number of carbonyl (C=O) groups excluding carboxylic acids is 1. The Morgan fingerprint density at radius 1 is 1.08 bits per heavy atom. The lowest BCUT2D eigenvalue weighted by atomic mass is 9.98. The highest BCUT2D eigenvalue weighted by atomic mass is 32.2. The number of nitrogens with zero attached hydrogens (tertiary/aromatic N) is 3. The van der Waals surface area contributed by atoms with Crippen molar-refractivity contribution in [2.45, 2.75) is 43.8 Å². The van der Waals surface area contributed by atoms with Crippen molar-refractivity contribution in [1.82, 2.24) is 14.9 Å². The Hall–Kier alpha value is -3.41. The van der Waals surface area contributed by atoms with Gasteiger partial charge >= 0.3 is 6.18 Å². The summed E-state index contributed by atoms with van der Waals surface area (Å²) in [5.74, 6) is -1.06. The molecule has 1 saturated carbocycles. The Morgan fingerprint density at radius 2 is 1.74 bits per heavy atom. The number of rotatable bonds is 7. The smallest absolute Gasteiger partial charge is 0.413 e. The van der Waals surface area contributed by atoms with Crippen LogP contribution < -0.4 is 10.1 Å². The van der Waals surface area contributed by atoms with E-state index in [9.17, 15) is 26.4 Å². The molecule has 3 aromatic rings. The third-order valence-electron chi connectivity index (χ3n) is 7.38. The van der Waals surface area contributed by atoms with Crippen molar-refractivity contribution < 1.29 is 31.1 Å². The molecule has 1 aliphatic heterocycles. The van der Waals surface area contributed by atoms with Gasteiger partial charge in [0.2, 0.25) is 11.8 Å². The number of nitrogens with one attached hydrogen (secondary N) is 1. The van der Waals surface area contributed by atoms with E-state index >= 15 is 0 Å². The Bertz CT molecular complexity index is 1480. The molecule has 12 heteroatoms. The van der Waals surface area contributed by atoms with Crippen LogP contribution in [0.4, 0.5) is 24.5 Å². The molecule has 1 saturated heterocycles. The topological polar surface area (TPSA) is 101 Å². The fourth-order valence-corrected chi connectivity index (χ4v) is 6.65. The Balaban J connectivity index is 1.39. The van der Waals surface area contributed by atoms with Gasteiger partial charge in [-0.2, -0.15) is 13.2 Å². The number of halogens is 3. The number of amides is 1. The van der Waals surface area contributed by atoms with Gasteiger partial charge in [-0.15, -0.1) is 0 Å². The van der Waals surface area contributed by atoms with Crippen molar-refractivity contribution in [3.05, 3.63) is 53.7 Å². The van der Waals surface area contributed by atoms with E-state index in [4.69, 9.17) is 4.74 Å². The third-order valence-corrected chi connectivity index (χ3v) is 9.09. The first-order valence-corrected chi connectivity index (χ1v) is 14.5. The van der Waals surface area contributed by atoms with E-state index in [-0.39, 0.29) is 29.9 Å². The number of anilines is 2. The minimum absolute atomic E-state index is 0.0305. The van der Waals surface area contributed by atoms with Crippen LogP contribution in [-0.2, 0) is 14.6 Å². The lowest BCUT2D eigenvalue weighted by molar-refractivity contribution is -0.190. The number of methoxy groups -OCH3 is 1. The molecule has 1 aromatic carbocycles. The van der Waals surface area contributed by atoms with Crippen LogP contribution in [0.25, 0.3) is 11.0 Å². The summed E-state index contributed by atoms with van der Waals surface area (Å²) in [6.45, 7) is 0. The molecule has 208 valence electrons. The number of hydrogen-bond donors (Lipinski definition) is 1. The zero-order valence-electron chi connectivity index (χ0n) is 21.5. The highest BCUT2D eigenvalue weighted by molar-refractivity contribution is 7.91. The van der Waals surface area contributed by atoms with Crippen LogP contribution in [-0.4, -0.2) is 61.0 Å². The molecular weight excluding hydrogens is 533 g/mol. The van der Waals surface area contributed by atoms with Crippen molar-refractivity contribution in [1.29, 1.82) is 0 Å². The SMILES string of the molecule is COc1ccc2ncc(Nc3ccc([C@H](N(C)C(=O)C4CCS(=O)(=O)CC4)C(F)(F)F)cc3)c(C3CC3)c2n1. The molecule has 0 radical (unpaired) electrons. The van der Waals surface area contributed by atoms with Gasteiger partial charge in [-0.05, 0) is 55.4 Å². The van der Waals surface area contributed by atoms with Crippen LogP contribution in [0.2, 0.25) is 0 Å². The van der Waals surface area contributed by atoms with E-state index in [1.54, 1.807) is 31.5 Å². The van der Waals surface area contributed by atoms with Crippen molar-refractivity contribution in [2.75, 3.05) is 31.0 Å². The molecule has 2 aromatic heterocycles. The highest BCUT2D eigenvalue weighted by Crippen LogP contribution is 2.47. The second kappa shape index (κ2) is 10.3. The number of hydrogen-bond acceptors (Lipinski definition) is 7. The predicted octanol–water partition coefficient (Wildman–Crippen LogP) is 5.15. The standard InChI is InChI=1S/C27H29F3N4O4S/c1-34(26(35)18-11-13-39(36,37)14-12-18)25(27(28,29)30)17-5-7-19(8-6-17)32-21-15-31-20-9-10-22(38-2)33-24(20)23(21)16-3-4-16/h5-10,15-16,18,25,32H,3-4,11-14H2,1-2H3/t25-/m0/s1. The van der Waals surface area contributed by atoms with E-state index in [1.165, 1.54) is 12.1 Å². The first-order valence-electron chi connectivity index (χ1n) is 12.7. The summed E-state index contributed by atoms with van der Waals surface area (Å²) in [4.78, 5) is 22.7. The van der Waals surface area contributed by atoms with Crippen LogP contribution in [0.3, 0.4) is 0 Å². The summed E-state index contributed by atoms with van der Waals surface area (Å²) in [5, 5.41) is 3.28. The molecule has 1 aliphatic carbocycles. The van der Waals surface area contributed by atoms with Gasteiger partial charge in [0.1, 0.15) is 9.84 Å². The first-order chi connectivity index (χ1) is 18.5. The predicted molar refractivity (Wildman–Crippen MR) is 141 cm³/mol. The maximum absolute atomic E-state index is 14.2. The number of fused-ring (bicyclic) bond motifs is 1. The Kier molecular flexibility index (Phi) is 7.17. The second-order valence-electron chi connectivity index (χ2n) is 10.1. The minimum atomic E-state index is -4.72. The number of ether oxygens (including phenoxy) is 1. The highest BCUT2D eigenvalue weighted by Gasteiger charge is 2.46. The molecule has 0 unspecified atom stereocenters. The van der Waals surface area contributed by atoms with Crippen LogP contribution in [0.1, 0.15) is 48.8 Å². The number of benzene rings is 1. The molecule has 2 fully saturated rings. The quantitative estimate of drug-likeness (QED) is 0.425. The van der Waals surface area contributed by atoms with E-state index in [1.807, 2.05) is 6.07 Å². The summed E-state index contributed by atoms with van der Waals surface area (Å²) in [6, 6.07) is 7.21. The minimum Gasteiger partial charge on any atom is -0.481 e. The Morgan fingerprint density at radius 3 is 2.33 bits per heavy atom. The zero-order valence-corrected chi connectivity index (χ0v) is 22.3. The number of aromatic nitrogens is 2. The maximum atomic E-state index is 14.2. The second-order valence-corrected chi connectivity index (χ2v) is 12.5. The average molecular weight is 563 g/mol. The summed E-state index contributed by atoms with van der Waals surface area (Å²) < 4.78 is 71.2. The molecular formula is C27H29F3N4O4S. The molecule has 39 heavy (non-hydrogen) atoms.